The van der Waals surface area contributed by atoms with Gasteiger partial charge in [-0.15, -0.1) is 10.2 Å². The molecule has 2 aromatic carbocycles. The average molecular weight is 504 g/mol. The zero-order chi connectivity index (χ0) is 25.9. The van der Waals surface area contributed by atoms with E-state index in [9.17, 15) is 27.2 Å². The first-order valence-electron chi connectivity index (χ1n) is 11.5. The third-order valence-electron chi connectivity index (χ3n) is 6.02. The number of hydrogen-bond donors (Lipinski definition) is 1. The molecule has 1 heterocycles. The van der Waals surface area contributed by atoms with Crippen molar-refractivity contribution in [2.24, 2.45) is 0 Å². The Bertz CT molecular complexity index is 1220. The zero-order valence-electron chi connectivity index (χ0n) is 19.4. The van der Waals surface area contributed by atoms with Crippen LogP contribution in [0, 0.1) is 5.82 Å². The number of benzene rings is 2. The van der Waals surface area contributed by atoms with E-state index < -0.39 is 42.0 Å². The molecule has 12 heteroatoms. The minimum atomic E-state index is -4.63. The quantitative estimate of drug-likeness (QED) is 0.492. The van der Waals surface area contributed by atoms with Gasteiger partial charge >= 0.3 is 6.18 Å². The maximum atomic E-state index is 13.4. The van der Waals surface area contributed by atoms with E-state index in [1.165, 1.54) is 43.3 Å². The molecule has 1 N–H and O–H groups in total. The number of amides is 2. The molecule has 2 amide bonds. The number of carbonyl (C=O) groups is 2. The minimum absolute atomic E-state index is 0.0336. The molecule has 36 heavy (non-hydrogen) atoms. The van der Waals surface area contributed by atoms with Gasteiger partial charge in [-0.05, 0) is 67.4 Å². The fraction of sp³-hybridized carbons (Fsp3) is 0.375. The van der Waals surface area contributed by atoms with Crippen LogP contribution in [-0.2, 0) is 22.3 Å². The van der Waals surface area contributed by atoms with Crippen molar-refractivity contribution in [1.29, 1.82) is 0 Å². The molecular formula is C24H24F4N6O2. The second-order valence-electron chi connectivity index (χ2n) is 8.63. The highest BCUT2D eigenvalue weighted by Crippen LogP contribution is 2.32. The van der Waals surface area contributed by atoms with Gasteiger partial charge in [0.25, 0.3) is 5.91 Å². The normalized spacial score (nSPS) is 15.0. The summed E-state index contributed by atoms with van der Waals surface area (Å²) < 4.78 is 53.3. The highest BCUT2D eigenvalue weighted by molar-refractivity contribution is 6.00. The average Bonchev–Trinajstić information content (AvgIpc) is 3.52. The van der Waals surface area contributed by atoms with Crippen LogP contribution in [0.4, 0.5) is 23.2 Å². The summed E-state index contributed by atoms with van der Waals surface area (Å²) >= 11 is 0. The lowest BCUT2D eigenvalue weighted by atomic mass is 10.1. The predicted molar refractivity (Wildman–Crippen MR) is 122 cm³/mol. The molecule has 0 radical (unpaired) electrons. The van der Waals surface area contributed by atoms with Crippen molar-refractivity contribution in [3.63, 3.8) is 0 Å². The largest absolute Gasteiger partial charge is 0.416 e. The van der Waals surface area contributed by atoms with E-state index in [1.807, 2.05) is 0 Å². The summed E-state index contributed by atoms with van der Waals surface area (Å²) in [5.41, 5.74) is -0.560. The van der Waals surface area contributed by atoms with Crippen molar-refractivity contribution in [1.82, 2.24) is 25.5 Å². The smallest absolute Gasteiger partial charge is 0.352 e. The van der Waals surface area contributed by atoms with E-state index in [1.54, 1.807) is 0 Å². The number of anilines is 1. The van der Waals surface area contributed by atoms with Gasteiger partial charge in [0.05, 0.1) is 5.56 Å². The molecule has 3 aromatic rings. The molecule has 1 aromatic heterocycles. The van der Waals surface area contributed by atoms with E-state index in [2.05, 4.69) is 20.7 Å². The number of nitrogens with one attached hydrogen (secondary N) is 1. The molecule has 1 saturated carbocycles. The van der Waals surface area contributed by atoms with Crippen LogP contribution in [0.15, 0.2) is 48.5 Å². The number of alkyl halides is 3. The fourth-order valence-electron chi connectivity index (χ4n) is 4.15. The number of halogens is 4. The molecule has 1 fully saturated rings. The third-order valence-corrected chi connectivity index (χ3v) is 6.02. The van der Waals surface area contributed by atoms with Gasteiger partial charge in [-0.25, -0.2) is 4.39 Å². The summed E-state index contributed by atoms with van der Waals surface area (Å²) in [4.78, 5) is 28.3. The number of rotatable bonds is 7. The summed E-state index contributed by atoms with van der Waals surface area (Å²) in [6, 6.07) is 8.45. The Morgan fingerprint density at radius 1 is 1.14 bits per heavy atom. The summed E-state index contributed by atoms with van der Waals surface area (Å²) in [6.07, 6.45) is -1.05. The molecule has 8 nitrogen and oxygen atoms in total. The number of nitrogens with zero attached hydrogens (tertiary/aromatic N) is 5. The monoisotopic (exact) mass is 504 g/mol. The molecule has 0 bridgehead atoms. The van der Waals surface area contributed by atoms with Crippen molar-refractivity contribution in [2.75, 3.05) is 4.90 Å². The van der Waals surface area contributed by atoms with Gasteiger partial charge in [-0.1, -0.05) is 18.9 Å². The SMILES string of the molecule is C[C@H](C(=O)NC1CCCC1)N(C(=O)Cn1nnc(-c2ccc(F)cc2)n1)c1cccc(C(F)(F)F)c1. The molecule has 190 valence electrons. The van der Waals surface area contributed by atoms with Crippen molar-refractivity contribution >= 4 is 17.5 Å². The Balaban J connectivity index is 1.59. The Kier molecular flexibility index (Phi) is 7.32. The summed E-state index contributed by atoms with van der Waals surface area (Å²) in [6.45, 7) is 0.979. The molecule has 4 rings (SSSR count). The van der Waals surface area contributed by atoms with Gasteiger partial charge in [0.15, 0.2) is 0 Å². The van der Waals surface area contributed by atoms with Gasteiger partial charge < -0.3 is 5.32 Å². The predicted octanol–water partition coefficient (Wildman–Crippen LogP) is 3.98. The fourth-order valence-corrected chi connectivity index (χ4v) is 4.15. The molecule has 0 saturated heterocycles. The molecule has 1 aliphatic carbocycles. The first-order valence-corrected chi connectivity index (χ1v) is 11.5. The lowest BCUT2D eigenvalue weighted by Gasteiger charge is -2.30. The van der Waals surface area contributed by atoms with Crippen LogP contribution in [-0.4, -0.2) is 44.1 Å². The van der Waals surface area contributed by atoms with Crippen LogP contribution < -0.4 is 10.2 Å². The topological polar surface area (TPSA) is 93.0 Å². The second kappa shape index (κ2) is 10.4. The van der Waals surface area contributed by atoms with E-state index >= 15 is 0 Å². The Hall–Kier alpha value is -3.83. The van der Waals surface area contributed by atoms with Crippen LogP contribution in [0.3, 0.4) is 0 Å². The maximum absolute atomic E-state index is 13.4. The van der Waals surface area contributed by atoms with Crippen molar-refractivity contribution in [2.45, 2.75) is 57.4 Å². The van der Waals surface area contributed by atoms with Crippen LogP contribution in [0.25, 0.3) is 11.4 Å². The van der Waals surface area contributed by atoms with E-state index in [-0.39, 0.29) is 17.6 Å². The van der Waals surface area contributed by atoms with Crippen LogP contribution in [0.1, 0.15) is 38.2 Å². The molecule has 1 aliphatic rings. The van der Waals surface area contributed by atoms with Gasteiger partial charge in [-0.2, -0.15) is 18.0 Å². The number of tetrazole rings is 1. The van der Waals surface area contributed by atoms with E-state index in [0.717, 1.165) is 47.5 Å². The van der Waals surface area contributed by atoms with Gasteiger partial charge in [0.2, 0.25) is 11.7 Å². The van der Waals surface area contributed by atoms with Gasteiger partial charge in [-0.3, -0.25) is 14.5 Å². The molecule has 0 spiro atoms. The minimum Gasteiger partial charge on any atom is -0.352 e. The van der Waals surface area contributed by atoms with E-state index in [4.69, 9.17) is 0 Å². The zero-order valence-corrected chi connectivity index (χ0v) is 19.4. The van der Waals surface area contributed by atoms with Gasteiger partial charge in [0.1, 0.15) is 18.4 Å². The van der Waals surface area contributed by atoms with Crippen molar-refractivity contribution in [3.8, 4) is 11.4 Å². The summed E-state index contributed by atoms with van der Waals surface area (Å²) in [7, 11) is 0. The number of carbonyl (C=O) groups excluding carboxylic acids is 2. The molecule has 0 unspecified atom stereocenters. The first-order chi connectivity index (χ1) is 17.1. The van der Waals surface area contributed by atoms with Crippen LogP contribution >= 0.6 is 0 Å². The van der Waals surface area contributed by atoms with E-state index in [0.29, 0.717) is 5.56 Å². The van der Waals surface area contributed by atoms with Crippen LogP contribution in [0.5, 0.6) is 0 Å². The molecule has 0 aliphatic heterocycles. The van der Waals surface area contributed by atoms with Gasteiger partial charge in [0, 0.05) is 17.3 Å². The lowest BCUT2D eigenvalue weighted by molar-refractivity contribution is -0.137. The number of aromatic nitrogens is 4. The highest BCUT2D eigenvalue weighted by Gasteiger charge is 2.34. The van der Waals surface area contributed by atoms with Crippen molar-refractivity contribution in [3.05, 3.63) is 59.9 Å². The van der Waals surface area contributed by atoms with Crippen molar-refractivity contribution < 1.29 is 27.2 Å². The second-order valence-corrected chi connectivity index (χ2v) is 8.63. The molecular weight excluding hydrogens is 480 g/mol. The summed E-state index contributed by atoms with van der Waals surface area (Å²) in [5, 5.41) is 14.7. The Morgan fingerprint density at radius 2 is 1.83 bits per heavy atom. The highest BCUT2D eigenvalue weighted by atomic mass is 19.4. The molecule has 1 atom stereocenters. The Morgan fingerprint density at radius 3 is 2.50 bits per heavy atom. The Labute approximate surface area is 204 Å². The van der Waals surface area contributed by atoms with Crippen LogP contribution in [0.2, 0.25) is 0 Å². The maximum Gasteiger partial charge on any atom is 0.416 e. The third kappa shape index (κ3) is 5.86. The lowest BCUT2D eigenvalue weighted by Crippen LogP contribution is -2.51. The first kappa shape index (κ1) is 25.3. The number of hydrogen-bond acceptors (Lipinski definition) is 5. The standard InChI is InChI=1S/C24H24F4N6O2/c1-15(23(36)29-19-6-2-3-7-19)34(20-8-4-5-17(13-20)24(26,27)28)21(35)14-33-31-22(30-32-33)16-9-11-18(25)12-10-16/h4-5,8-13,15,19H,2-3,6-7,14H2,1H3,(H,29,36)/t15-/m1/s1. The summed E-state index contributed by atoms with van der Waals surface area (Å²) in [5.74, 6) is -1.47.